The van der Waals surface area contributed by atoms with E-state index < -0.39 is 46.3 Å². The predicted molar refractivity (Wildman–Crippen MR) is 83.8 cm³/mol. The summed E-state index contributed by atoms with van der Waals surface area (Å²) in [6, 6.07) is 0. The van der Waals surface area contributed by atoms with Gasteiger partial charge in [-0.05, 0) is 56.8 Å². The molecular weight excluding hydrogens is 309 g/mol. The third-order valence-corrected chi connectivity index (χ3v) is 8.04. The van der Waals surface area contributed by atoms with Crippen LogP contribution >= 0.6 is 0 Å². The number of rotatable bonds is 1. The highest BCUT2D eigenvalue weighted by Gasteiger charge is 2.83. The molecule has 8 atom stereocenters. The largest absolute Gasteiger partial charge is 0.481 e. The normalized spacial score (nSPS) is 62.2. The molecular formula is C19H24O5. The van der Waals surface area contributed by atoms with Crippen LogP contribution in [0.15, 0.2) is 12.1 Å². The molecule has 1 aliphatic heterocycles. The highest BCUT2D eigenvalue weighted by atomic mass is 16.6. The van der Waals surface area contributed by atoms with Crippen LogP contribution in [-0.2, 0) is 14.3 Å². The van der Waals surface area contributed by atoms with E-state index in [-0.39, 0.29) is 24.8 Å². The maximum Gasteiger partial charge on any atom is 0.315 e. The van der Waals surface area contributed by atoms with Crippen LogP contribution in [0.1, 0.15) is 49.6 Å². The molecule has 130 valence electrons. The summed E-state index contributed by atoms with van der Waals surface area (Å²) in [5.41, 5.74) is -2.76. The lowest BCUT2D eigenvalue weighted by atomic mass is 9.59. The molecule has 1 saturated heterocycles. The van der Waals surface area contributed by atoms with E-state index >= 15 is 0 Å². The van der Waals surface area contributed by atoms with E-state index in [2.05, 4.69) is 0 Å². The number of aliphatic carboxylic acids is 1. The summed E-state index contributed by atoms with van der Waals surface area (Å²) in [7, 11) is 0. The quantitative estimate of drug-likeness (QED) is 0.435. The van der Waals surface area contributed by atoms with Gasteiger partial charge in [-0.1, -0.05) is 12.1 Å². The van der Waals surface area contributed by atoms with Crippen LogP contribution < -0.4 is 0 Å². The molecule has 5 fully saturated rings. The van der Waals surface area contributed by atoms with Crippen molar-refractivity contribution in [1.82, 2.24) is 0 Å². The molecule has 5 nitrogen and oxygen atoms in total. The monoisotopic (exact) mass is 336 g/mol. The van der Waals surface area contributed by atoms with Crippen molar-refractivity contribution < 1.29 is 28.7 Å². The summed E-state index contributed by atoms with van der Waals surface area (Å²) in [4.78, 5) is 25.4. The summed E-state index contributed by atoms with van der Waals surface area (Å²) < 4.78 is 30.9. The molecule has 4 saturated carbocycles. The van der Waals surface area contributed by atoms with Crippen LogP contribution in [0.25, 0.3) is 0 Å². The summed E-state index contributed by atoms with van der Waals surface area (Å²) in [5, 5.41) is 21.0. The van der Waals surface area contributed by atoms with Crippen molar-refractivity contribution in [1.29, 1.82) is 0 Å². The Balaban J connectivity index is 1.80. The van der Waals surface area contributed by atoms with E-state index in [1.165, 1.54) is 0 Å². The van der Waals surface area contributed by atoms with Gasteiger partial charge in [-0.25, -0.2) is 0 Å². The molecule has 4 aliphatic carbocycles. The molecule has 5 aliphatic rings. The minimum atomic E-state index is -1.99. The highest BCUT2D eigenvalue weighted by Crippen LogP contribution is 2.77. The standard InChI is InChI=1S/C19H24O5/c1-9-7-18-8-10(9)3-4-11(18)19-6-5-12(20)17(2,16(23)24-19)14(19)13(18)15(21)22/h10-14,20H,1,3-8H2,2H3,(H,21,22)/t10-,11-,12+,13-,14-,17-,18+,19-/m1/s1/i1+1D2,13D. The first-order chi connectivity index (χ1) is 12.6. The maximum atomic E-state index is 12.8. The van der Waals surface area contributed by atoms with Crippen LogP contribution in [0.4, 0.5) is 0 Å². The van der Waals surface area contributed by atoms with Crippen LogP contribution in [0.3, 0.4) is 0 Å². The van der Waals surface area contributed by atoms with E-state index in [4.69, 9.17) is 7.48 Å². The average molecular weight is 336 g/mol. The Kier molecular flexibility index (Phi) is 2.04. The zero-order valence-corrected chi connectivity index (χ0v) is 13.7. The van der Waals surface area contributed by atoms with E-state index in [1.807, 2.05) is 0 Å². The molecule has 1 spiro atoms. The molecule has 0 unspecified atom stereocenters. The molecule has 0 aromatic rings. The smallest absolute Gasteiger partial charge is 0.315 e. The Morgan fingerprint density at radius 3 is 2.96 bits per heavy atom. The Morgan fingerprint density at radius 2 is 2.25 bits per heavy atom. The maximum absolute atomic E-state index is 12.8. The number of aliphatic hydroxyl groups excluding tert-OH is 1. The Labute approximate surface area is 145 Å². The van der Waals surface area contributed by atoms with E-state index in [1.54, 1.807) is 6.92 Å². The van der Waals surface area contributed by atoms with Gasteiger partial charge in [0.15, 0.2) is 0 Å². The lowest BCUT2D eigenvalue weighted by Crippen LogP contribution is -2.53. The lowest BCUT2D eigenvalue weighted by molar-refractivity contribution is -0.162. The van der Waals surface area contributed by atoms with Crippen molar-refractivity contribution in [3.8, 4) is 0 Å². The second kappa shape index (κ2) is 4.06. The summed E-state index contributed by atoms with van der Waals surface area (Å²) >= 11 is 0. The fraction of sp³-hybridized carbons (Fsp3) is 0.789. The van der Waals surface area contributed by atoms with Crippen LogP contribution in [0.5, 0.6) is 0 Å². The number of carboxylic acid groups (broad SMARTS) is 1. The van der Waals surface area contributed by atoms with Gasteiger partial charge in [0, 0.05) is 13.2 Å². The van der Waals surface area contributed by atoms with E-state index in [9.17, 15) is 21.2 Å². The van der Waals surface area contributed by atoms with Gasteiger partial charge in [0.2, 0.25) is 0 Å². The number of ether oxygens (including phenoxy) is 1. The lowest BCUT2D eigenvalue weighted by Gasteiger charge is -2.44. The molecule has 24 heavy (non-hydrogen) atoms. The van der Waals surface area contributed by atoms with Crippen molar-refractivity contribution in [2.75, 3.05) is 0 Å². The van der Waals surface area contributed by atoms with Gasteiger partial charge in [-0.2, -0.15) is 0 Å². The van der Waals surface area contributed by atoms with Crippen molar-refractivity contribution in [3.05, 3.63) is 12.1 Å². The summed E-state index contributed by atoms with van der Waals surface area (Å²) in [5.74, 6) is -5.10. The number of carbonyl (C=O) groups is 2. The molecule has 0 aromatic heterocycles. The van der Waals surface area contributed by atoms with Gasteiger partial charge >= 0.3 is 11.9 Å². The van der Waals surface area contributed by atoms with Gasteiger partial charge in [0.25, 0.3) is 0 Å². The number of hydrogen-bond donors (Lipinski definition) is 2. The molecule has 5 heteroatoms. The fourth-order valence-corrected chi connectivity index (χ4v) is 7.18. The zero-order valence-electron chi connectivity index (χ0n) is 16.7. The van der Waals surface area contributed by atoms with Crippen LogP contribution in [0, 0.1) is 34.5 Å². The van der Waals surface area contributed by atoms with Crippen molar-refractivity contribution in [3.63, 3.8) is 0 Å². The second-order valence-corrected chi connectivity index (χ2v) is 8.72. The second-order valence-electron chi connectivity index (χ2n) is 8.72. The van der Waals surface area contributed by atoms with Crippen LogP contribution in [-0.4, -0.2) is 33.9 Å². The Bertz CT molecular complexity index is 809. The molecule has 5 rings (SSSR count). The third-order valence-electron chi connectivity index (χ3n) is 8.04. The van der Waals surface area contributed by atoms with E-state index in [0.29, 0.717) is 31.3 Å². The minimum Gasteiger partial charge on any atom is -0.481 e. The number of hydrogen-bond acceptors (Lipinski definition) is 4. The fourth-order valence-electron chi connectivity index (χ4n) is 7.18. The number of esters is 1. The number of aliphatic hydroxyl groups is 1. The third kappa shape index (κ3) is 1.29. The molecule has 0 radical (unpaired) electrons. The molecule has 2 N–H and O–H groups in total. The van der Waals surface area contributed by atoms with Crippen molar-refractivity contribution in [2.24, 2.45) is 34.5 Å². The minimum absolute atomic E-state index is 0.0427. The van der Waals surface area contributed by atoms with Crippen LogP contribution in [0.2, 0.25) is 0 Å². The SMILES string of the molecule is [2H][13C]([2H])=C1C[C@]23C[C@H]1CC[C@H]2[C@@]12CC[C@H](O)[C@@](C)(C(=O)O1)[C@H]2[C@]3([2H])C(=O)O. The zero-order chi connectivity index (χ0) is 19.6. The molecule has 4 bridgehead atoms. The van der Waals surface area contributed by atoms with Gasteiger partial charge < -0.3 is 14.9 Å². The molecule has 0 aromatic carbocycles. The first kappa shape index (κ1) is 12.1. The summed E-state index contributed by atoms with van der Waals surface area (Å²) in [6.07, 6.45) is 1.75. The molecule has 0 amide bonds. The topological polar surface area (TPSA) is 83.8 Å². The number of carboxylic acids is 1. The number of allylic oxidation sites excluding steroid dienone is 1. The first-order valence-electron chi connectivity index (χ1n) is 10.4. The van der Waals surface area contributed by atoms with Crippen molar-refractivity contribution >= 4 is 11.9 Å². The van der Waals surface area contributed by atoms with Gasteiger partial charge in [0.05, 0.1) is 20.2 Å². The Hall–Kier alpha value is -1.36. The first-order valence-corrected chi connectivity index (χ1v) is 8.87. The number of carbonyl (C=O) groups excluding carboxylic acids is 1. The van der Waals surface area contributed by atoms with Crippen molar-refractivity contribution in [2.45, 2.75) is 57.2 Å². The van der Waals surface area contributed by atoms with Gasteiger partial charge in [-0.3, -0.25) is 9.59 Å². The van der Waals surface area contributed by atoms with Gasteiger partial charge in [0.1, 0.15) is 5.60 Å². The summed E-state index contributed by atoms with van der Waals surface area (Å²) in [6.45, 7) is 1.29. The molecule has 1 heterocycles. The predicted octanol–water partition coefficient (Wildman–Crippen LogP) is 2.14. The van der Waals surface area contributed by atoms with Gasteiger partial charge in [-0.15, -0.1) is 0 Å². The van der Waals surface area contributed by atoms with E-state index in [0.717, 1.165) is 6.42 Å². The highest BCUT2D eigenvalue weighted by molar-refractivity contribution is 5.85. The Morgan fingerprint density at radius 1 is 1.46 bits per heavy atom. The number of fused-ring (bicyclic) bond motifs is 1. The average Bonchev–Trinajstić information content (AvgIpc) is 3.08.